The molecule has 1 aromatic carbocycles. The zero-order valence-corrected chi connectivity index (χ0v) is 17.6. The summed E-state index contributed by atoms with van der Waals surface area (Å²) in [4.78, 5) is 16.2. The molecule has 152 valence electrons. The van der Waals surface area contributed by atoms with E-state index in [1.54, 1.807) is 29.8 Å². The highest BCUT2D eigenvalue weighted by Gasteiger charge is 2.16. The molecule has 2 N–H and O–H groups in total. The fourth-order valence-corrected chi connectivity index (χ4v) is 4.44. The minimum Gasteiger partial charge on any atom is -0.439 e. The van der Waals surface area contributed by atoms with Crippen molar-refractivity contribution in [3.8, 4) is 11.6 Å². The van der Waals surface area contributed by atoms with Crippen molar-refractivity contribution in [3.63, 3.8) is 0 Å². The number of pyridine rings is 1. The first-order valence-corrected chi connectivity index (χ1v) is 11.2. The van der Waals surface area contributed by atoms with E-state index in [0.717, 1.165) is 33.8 Å². The molecule has 0 aliphatic heterocycles. The summed E-state index contributed by atoms with van der Waals surface area (Å²) in [6.45, 7) is 3.86. The van der Waals surface area contributed by atoms with Crippen LogP contribution in [0.1, 0.15) is 16.7 Å². The lowest BCUT2D eigenvalue weighted by Crippen LogP contribution is -2.36. The third-order valence-electron chi connectivity index (χ3n) is 4.03. The zero-order chi connectivity index (χ0) is 20.9. The van der Waals surface area contributed by atoms with Gasteiger partial charge in [0.1, 0.15) is 9.96 Å². The molecule has 2 aromatic heterocycles. The Balaban J connectivity index is 1.50. The van der Waals surface area contributed by atoms with Gasteiger partial charge in [0.05, 0.1) is 6.54 Å². The molecule has 0 bridgehead atoms. The van der Waals surface area contributed by atoms with E-state index in [4.69, 9.17) is 4.74 Å². The Kier molecular flexibility index (Phi) is 6.63. The lowest BCUT2D eigenvalue weighted by atomic mass is 10.1. The van der Waals surface area contributed by atoms with Crippen molar-refractivity contribution in [1.82, 2.24) is 15.0 Å². The largest absolute Gasteiger partial charge is 0.439 e. The number of sulfonamides is 1. The van der Waals surface area contributed by atoms with E-state index >= 15 is 0 Å². The maximum atomic E-state index is 12.0. The quantitative estimate of drug-likeness (QED) is 0.571. The number of benzene rings is 1. The van der Waals surface area contributed by atoms with E-state index in [1.165, 1.54) is 6.07 Å². The number of amides is 1. The molecule has 0 aliphatic rings. The number of ether oxygens (including phenoxy) is 1. The first-order valence-electron chi connectivity index (χ1n) is 8.83. The molecule has 7 nitrogen and oxygen atoms in total. The number of aromatic nitrogens is 1. The van der Waals surface area contributed by atoms with Crippen LogP contribution in [0, 0.1) is 13.8 Å². The standard InChI is InChI=1S/C20H21N3O4S2/c1-14-5-6-15(2)17(10-14)27-19-8-7-16(12-22-19)11-21-18(24)13-23-29(25,26)20-4-3-9-28-20/h3-10,12,23H,11,13H2,1-2H3,(H,21,24). The number of hydrogen-bond donors (Lipinski definition) is 2. The second-order valence-electron chi connectivity index (χ2n) is 6.41. The first-order chi connectivity index (χ1) is 13.8. The summed E-state index contributed by atoms with van der Waals surface area (Å²) in [5.41, 5.74) is 2.88. The summed E-state index contributed by atoms with van der Waals surface area (Å²) in [5, 5.41) is 4.32. The molecular weight excluding hydrogens is 410 g/mol. The summed E-state index contributed by atoms with van der Waals surface area (Å²) < 4.78 is 32.3. The number of nitrogens with zero attached hydrogens (tertiary/aromatic N) is 1. The molecule has 0 spiro atoms. The summed E-state index contributed by atoms with van der Waals surface area (Å²) in [6, 6.07) is 12.6. The highest BCUT2D eigenvalue weighted by Crippen LogP contribution is 2.24. The number of aryl methyl sites for hydroxylation is 2. The van der Waals surface area contributed by atoms with E-state index in [0.29, 0.717) is 5.88 Å². The number of nitrogens with one attached hydrogen (secondary N) is 2. The zero-order valence-electron chi connectivity index (χ0n) is 16.0. The van der Waals surface area contributed by atoms with Gasteiger partial charge in [-0.2, -0.15) is 0 Å². The second-order valence-corrected chi connectivity index (χ2v) is 9.35. The smallest absolute Gasteiger partial charge is 0.250 e. The van der Waals surface area contributed by atoms with Gasteiger partial charge < -0.3 is 10.1 Å². The van der Waals surface area contributed by atoms with Crippen molar-refractivity contribution in [3.05, 3.63) is 70.7 Å². The van der Waals surface area contributed by atoms with Crippen molar-refractivity contribution >= 4 is 27.3 Å². The summed E-state index contributed by atoms with van der Waals surface area (Å²) in [7, 11) is -3.66. The van der Waals surface area contributed by atoms with Crippen molar-refractivity contribution in [2.45, 2.75) is 24.6 Å². The van der Waals surface area contributed by atoms with E-state index in [9.17, 15) is 13.2 Å². The van der Waals surface area contributed by atoms with Crippen LogP contribution < -0.4 is 14.8 Å². The van der Waals surface area contributed by atoms with Gasteiger partial charge in [0.25, 0.3) is 10.0 Å². The molecule has 0 radical (unpaired) electrons. The molecule has 1 amide bonds. The van der Waals surface area contributed by atoms with Crippen molar-refractivity contribution < 1.29 is 17.9 Å². The molecule has 29 heavy (non-hydrogen) atoms. The summed E-state index contributed by atoms with van der Waals surface area (Å²) >= 11 is 1.09. The number of carbonyl (C=O) groups is 1. The highest BCUT2D eigenvalue weighted by molar-refractivity contribution is 7.91. The third kappa shape index (κ3) is 5.86. The van der Waals surface area contributed by atoms with Gasteiger partial charge in [0, 0.05) is 18.8 Å². The topological polar surface area (TPSA) is 97.4 Å². The number of carbonyl (C=O) groups excluding carboxylic acids is 1. The van der Waals surface area contributed by atoms with Gasteiger partial charge in [0.2, 0.25) is 11.8 Å². The Morgan fingerprint density at radius 3 is 2.69 bits per heavy atom. The Morgan fingerprint density at radius 1 is 1.17 bits per heavy atom. The van der Waals surface area contributed by atoms with Crippen LogP contribution in [-0.2, 0) is 21.4 Å². The van der Waals surface area contributed by atoms with E-state index < -0.39 is 15.9 Å². The molecule has 0 unspecified atom stereocenters. The second kappa shape index (κ2) is 9.17. The average Bonchev–Trinajstić information content (AvgIpc) is 3.25. The van der Waals surface area contributed by atoms with Gasteiger partial charge in [-0.15, -0.1) is 11.3 Å². The molecule has 3 rings (SSSR count). The number of hydrogen-bond acceptors (Lipinski definition) is 6. The molecule has 9 heteroatoms. The Morgan fingerprint density at radius 2 is 2.00 bits per heavy atom. The lowest BCUT2D eigenvalue weighted by molar-refractivity contribution is -0.120. The van der Waals surface area contributed by atoms with Gasteiger partial charge in [0.15, 0.2) is 0 Å². The Hall–Kier alpha value is -2.75. The highest BCUT2D eigenvalue weighted by atomic mass is 32.2. The molecule has 2 heterocycles. The van der Waals surface area contributed by atoms with Gasteiger partial charge in [-0.05, 0) is 48.1 Å². The lowest BCUT2D eigenvalue weighted by Gasteiger charge is -2.10. The molecular formula is C20H21N3O4S2. The monoisotopic (exact) mass is 431 g/mol. The minimum absolute atomic E-state index is 0.175. The molecule has 0 aliphatic carbocycles. The Labute approximate surface area is 173 Å². The fraction of sp³-hybridized carbons (Fsp3) is 0.200. The molecule has 0 saturated carbocycles. The SMILES string of the molecule is Cc1ccc(C)c(Oc2ccc(CNC(=O)CNS(=O)(=O)c3cccs3)cn2)c1. The van der Waals surface area contributed by atoms with Gasteiger partial charge in [-0.3, -0.25) is 4.79 Å². The average molecular weight is 432 g/mol. The van der Waals surface area contributed by atoms with E-state index in [-0.39, 0.29) is 17.3 Å². The maximum absolute atomic E-state index is 12.0. The van der Waals surface area contributed by atoms with Crippen LogP contribution in [0.5, 0.6) is 11.6 Å². The van der Waals surface area contributed by atoms with Crippen LogP contribution in [0.3, 0.4) is 0 Å². The fourth-order valence-electron chi connectivity index (χ4n) is 2.42. The maximum Gasteiger partial charge on any atom is 0.250 e. The number of rotatable bonds is 8. The first kappa shape index (κ1) is 21.0. The summed E-state index contributed by atoms with van der Waals surface area (Å²) in [6.07, 6.45) is 1.61. The van der Waals surface area contributed by atoms with E-state index in [1.807, 2.05) is 32.0 Å². The predicted octanol–water partition coefficient (Wildman–Crippen LogP) is 3.15. The van der Waals surface area contributed by atoms with Crippen LogP contribution >= 0.6 is 11.3 Å². The normalized spacial score (nSPS) is 11.2. The van der Waals surface area contributed by atoms with Crippen molar-refractivity contribution in [2.24, 2.45) is 0 Å². The third-order valence-corrected chi connectivity index (χ3v) is 6.83. The minimum atomic E-state index is -3.66. The molecule has 0 atom stereocenters. The Bertz CT molecular complexity index is 1080. The van der Waals surface area contributed by atoms with Crippen LogP contribution in [0.15, 0.2) is 58.3 Å². The molecule has 0 fully saturated rings. The number of thiophene rings is 1. The van der Waals surface area contributed by atoms with Gasteiger partial charge >= 0.3 is 0 Å². The van der Waals surface area contributed by atoms with Crippen LogP contribution in [0.2, 0.25) is 0 Å². The van der Waals surface area contributed by atoms with Crippen LogP contribution in [-0.4, -0.2) is 25.9 Å². The van der Waals surface area contributed by atoms with Gasteiger partial charge in [-0.25, -0.2) is 18.1 Å². The molecule has 0 saturated heterocycles. The van der Waals surface area contributed by atoms with Crippen LogP contribution in [0.4, 0.5) is 0 Å². The summed E-state index contributed by atoms with van der Waals surface area (Å²) in [5.74, 6) is 0.773. The van der Waals surface area contributed by atoms with E-state index in [2.05, 4.69) is 15.0 Å². The van der Waals surface area contributed by atoms with Crippen molar-refractivity contribution in [1.29, 1.82) is 0 Å². The van der Waals surface area contributed by atoms with Crippen molar-refractivity contribution in [2.75, 3.05) is 6.54 Å². The van der Waals surface area contributed by atoms with Crippen LogP contribution in [0.25, 0.3) is 0 Å². The van der Waals surface area contributed by atoms with Gasteiger partial charge in [-0.1, -0.05) is 24.3 Å². The molecule has 3 aromatic rings. The predicted molar refractivity (Wildman–Crippen MR) is 112 cm³/mol.